The van der Waals surface area contributed by atoms with Crippen LogP contribution in [-0.4, -0.2) is 75.2 Å². The SMILES string of the molecule is CC1(C)C2CCC1(CS(=O)(=O)N1CCN(c3cc(-n4cncn4)ncn3)CC1)C(=O)C2. The zero-order chi connectivity index (χ0) is 21.9. The van der Waals surface area contributed by atoms with Gasteiger partial charge in [0.15, 0.2) is 5.82 Å². The third-order valence-corrected chi connectivity index (χ3v) is 9.83. The van der Waals surface area contributed by atoms with Gasteiger partial charge in [-0.25, -0.2) is 28.1 Å². The third kappa shape index (κ3) is 3.16. The van der Waals surface area contributed by atoms with Crippen molar-refractivity contribution < 1.29 is 13.2 Å². The number of Topliss-reactive ketones (excluding diaryl/α,β-unsaturated/α-hetero) is 1. The molecular weight excluding hydrogens is 418 g/mol. The highest BCUT2D eigenvalue weighted by atomic mass is 32.2. The fraction of sp³-hybridized carbons (Fsp3) is 0.650. The minimum absolute atomic E-state index is 0.0632. The van der Waals surface area contributed by atoms with Gasteiger partial charge in [-0.3, -0.25) is 4.79 Å². The molecule has 2 aliphatic carbocycles. The summed E-state index contributed by atoms with van der Waals surface area (Å²) in [6.45, 7) is 5.95. The topological polar surface area (TPSA) is 114 Å². The standard InChI is InChI=1S/C20H27N7O3S/c1-19(2)15-3-4-20(19,16(28)9-15)11-31(29,30)26-7-5-25(6-8-26)17-10-18(23-13-22-17)27-14-21-12-24-27/h10,12-15H,3-9,11H2,1-2H3. The highest BCUT2D eigenvalue weighted by Gasteiger charge is 2.65. The lowest BCUT2D eigenvalue weighted by molar-refractivity contribution is -0.128. The van der Waals surface area contributed by atoms with E-state index < -0.39 is 15.4 Å². The van der Waals surface area contributed by atoms with E-state index in [1.54, 1.807) is 15.3 Å². The molecule has 3 aliphatic rings. The largest absolute Gasteiger partial charge is 0.354 e. The molecule has 2 aromatic rings. The van der Waals surface area contributed by atoms with Crippen LogP contribution >= 0.6 is 0 Å². The Morgan fingerprint density at radius 3 is 2.45 bits per heavy atom. The van der Waals surface area contributed by atoms with E-state index in [4.69, 9.17) is 0 Å². The number of carbonyl (C=O) groups is 1. The van der Waals surface area contributed by atoms with E-state index in [0.717, 1.165) is 12.2 Å². The monoisotopic (exact) mass is 445 g/mol. The van der Waals surface area contributed by atoms with Gasteiger partial charge in [0.2, 0.25) is 10.0 Å². The molecule has 10 nitrogen and oxygen atoms in total. The summed E-state index contributed by atoms with van der Waals surface area (Å²) in [5.74, 6) is 1.71. The number of piperazine rings is 1. The number of rotatable bonds is 5. The van der Waals surface area contributed by atoms with Crippen molar-refractivity contribution in [2.75, 3.05) is 36.8 Å². The average molecular weight is 446 g/mol. The van der Waals surface area contributed by atoms with Crippen molar-refractivity contribution in [1.29, 1.82) is 0 Å². The zero-order valence-electron chi connectivity index (χ0n) is 17.8. The second-order valence-electron chi connectivity index (χ2n) is 9.38. The molecule has 1 saturated heterocycles. The highest BCUT2D eigenvalue weighted by molar-refractivity contribution is 7.89. The van der Waals surface area contributed by atoms with Gasteiger partial charge in [0, 0.05) is 44.1 Å². The van der Waals surface area contributed by atoms with Crippen LogP contribution in [0.4, 0.5) is 5.82 Å². The molecule has 0 radical (unpaired) electrons. The molecule has 2 aromatic heterocycles. The van der Waals surface area contributed by atoms with Crippen LogP contribution in [0.5, 0.6) is 0 Å². The van der Waals surface area contributed by atoms with Crippen LogP contribution in [0, 0.1) is 16.7 Å². The summed E-state index contributed by atoms with van der Waals surface area (Å²) in [6.07, 6.45) is 6.64. The molecule has 2 bridgehead atoms. The van der Waals surface area contributed by atoms with Crippen LogP contribution in [-0.2, 0) is 14.8 Å². The molecule has 31 heavy (non-hydrogen) atoms. The Bertz CT molecular complexity index is 1090. The number of ketones is 1. The number of hydrogen-bond donors (Lipinski definition) is 0. The smallest absolute Gasteiger partial charge is 0.215 e. The number of aromatic nitrogens is 5. The van der Waals surface area contributed by atoms with Gasteiger partial charge < -0.3 is 4.90 Å². The van der Waals surface area contributed by atoms with Gasteiger partial charge in [-0.2, -0.15) is 9.40 Å². The first-order chi connectivity index (χ1) is 14.7. The van der Waals surface area contributed by atoms with Crippen molar-refractivity contribution in [3.8, 4) is 5.82 Å². The van der Waals surface area contributed by atoms with Crippen molar-refractivity contribution >= 4 is 21.6 Å². The molecule has 1 aliphatic heterocycles. The Kier molecular flexibility index (Phi) is 4.67. The lowest BCUT2D eigenvalue weighted by atomic mass is 9.70. The van der Waals surface area contributed by atoms with Crippen molar-refractivity contribution in [2.45, 2.75) is 33.1 Å². The minimum atomic E-state index is -3.53. The van der Waals surface area contributed by atoms with Crippen molar-refractivity contribution in [2.24, 2.45) is 16.7 Å². The fourth-order valence-corrected chi connectivity index (χ4v) is 7.87. The zero-order valence-corrected chi connectivity index (χ0v) is 18.6. The van der Waals surface area contributed by atoms with E-state index in [1.165, 1.54) is 12.7 Å². The molecule has 0 spiro atoms. The van der Waals surface area contributed by atoms with Crippen LogP contribution in [0.1, 0.15) is 33.1 Å². The van der Waals surface area contributed by atoms with Crippen LogP contribution in [0.15, 0.2) is 25.0 Å². The third-order valence-electron chi connectivity index (χ3n) is 7.82. The Hall–Kier alpha value is -2.40. The molecule has 0 aromatic carbocycles. The normalized spacial score (nSPS) is 28.4. The first kappa shape index (κ1) is 20.5. The second-order valence-corrected chi connectivity index (χ2v) is 11.4. The molecular formula is C20H27N7O3S. The maximum absolute atomic E-state index is 13.3. The summed E-state index contributed by atoms with van der Waals surface area (Å²) in [5, 5.41) is 4.08. The van der Waals surface area contributed by atoms with Gasteiger partial charge in [-0.15, -0.1) is 0 Å². The summed E-state index contributed by atoms with van der Waals surface area (Å²) in [6, 6.07) is 1.82. The first-order valence-electron chi connectivity index (χ1n) is 10.7. The van der Waals surface area contributed by atoms with Gasteiger partial charge in [0.1, 0.15) is 30.6 Å². The molecule has 3 heterocycles. The molecule has 5 rings (SSSR count). The van der Waals surface area contributed by atoms with Crippen LogP contribution in [0.2, 0.25) is 0 Å². The van der Waals surface area contributed by atoms with E-state index >= 15 is 0 Å². The van der Waals surface area contributed by atoms with Gasteiger partial charge in [0.05, 0.1) is 5.75 Å². The van der Waals surface area contributed by atoms with E-state index in [-0.39, 0.29) is 17.0 Å². The Balaban J connectivity index is 1.29. The number of sulfonamides is 1. The Labute approximate surface area is 181 Å². The molecule has 2 saturated carbocycles. The summed E-state index contributed by atoms with van der Waals surface area (Å²) < 4.78 is 29.7. The van der Waals surface area contributed by atoms with Crippen LogP contribution in [0.3, 0.4) is 0 Å². The van der Waals surface area contributed by atoms with Crippen LogP contribution in [0.25, 0.3) is 5.82 Å². The van der Waals surface area contributed by atoms with Gasteiger partial charge in [-0.1, -0.05) is 13.8 Å². The molecule has 2 atom stereocenters. The van der Waals surface area contributed by atoms with Crippen molar-refractivity contribution in [3.63, 3.8) is 0 Å². The molecule has 11 heteroatoms. The number of anilines is 1. The van der Waals surface area contributed by atoms with Crippen LogP contribution < -0.4 is 4.90 Å². The van der Waals surface area contributed by atoms with Crippen molar-refractivity contribution in [3.05, 3.63) is 25.0 Å². The maximum Gasteiger partial charge on any atom is 0.215 e. The first-order valence-corrected chi connectivity index (χ1v) is 12.3. The number of nitrogens with zero attached hydrogens (tertiary/aromatic N) is 7. The summed E-state index contributed by atoms with van der Waals surface area (Å²) in [7, 11) is -3.53. The summed E-state index contributed by atoms with van der Waals surface area (Å²) in [5.41, 5.74) is -0.981. The maximum atomic E-state index is 13.3. The molecule has 166 valence electrons. The van der Waals surface area contributed by atoms with E-state index in [1.807, 2.05) is 11.0 Å². The summed E-state index contributed by atoms with van der Waals surface area (Å²) in [4.78, 5) is 27.3. The molecule has 3 fully saturated rings. The second kappa shape index (κ2) is 7.06. The Morgan fingerprint density at radius 2 is 1.84 bits per heavy atom. The Morgan fingerprint density at radius 1 is 1.10 bits per heavy atom. The van der Waals surface area contributed by atoms with E-state index in [0.29, 0.717) is 50.8 Å². The molecule has 2 unspecified atom stereocenters. The van der Waals surface area contributed by atoms with Crippen molar-refractivity contribution in [1.82, 2.24) is 29.0 Å². The highest BCUT2D eigenvalue weighted by Crippen LogP contribution is 2.64. The van der Waals surface area contributed by atoms with Gasteiger partial charge >= 0.3 is 0 Å². The molecule has 0 N–H and O–H groups in total. The number of carbonyl (C=O) groups excluding carboxylic acids is 1. The quantitative estimate of drug-likeness (QED) is 0.667. The van der Waals surface area contributed by atoms with Gasteiger partial charge in [0.25, 0.3) is 0 Å². The van der Waals surface area contributed by atoms with Gasteiger partial charge in [-0.05, 0) is 24.2 Å². The number of fused-ring (bicyclic) bond motifs is 2. The lowest BCUT2D eigenvalue weighted by Gasteiger charge is -2.40. The average Bonchev–Trinajstić information content (AvgIpc) is 3.41. The van der Waals surface area contributed by atoms with E-state index in [9.17, 15) is 13.2 Å². The lowest BCUT2D eigenvalue weighted by Crippen LogP contribution is -2.53. The fourth-order valence-electron chi connectivity index (χ4n) is 5.67. The number of hydrogen-bond acceptors (Lipinski definition) is 8. The summed E-state index contributed by atoms with van der Waals surface area (Å²) >= 11 is 0. The minimum Gasteiger partial charge on any atom is -0.354 e. The molecule has 0 amide bonds. The predicted octanol–water partition coefficient (Wildman–Crippen LogP) is 0.904. The van der Waals surface area contributed by atoms with E-state index in [2.05, 4.69) is 33.9 Å². The predicted molar refractivity (Wildman–Crippen MR) is 113 cm³/mol.